The van der Waals surface area contributed by atoms with Gasteiger partial charge in [-0.25, -0.2) is 4.79 Å². The van der Waals surface area contributed by atoms with E-state index in [9.17, 15) is 9.90 Å². The minimum Gasteiger partial charge on any atom is -0.478 e. The summed E-state index contributed by atoms with van der Waals surface area (Å²) >= 11 is 0. The van der Waals surface area contributed by atoms with Gasteiger partial charge in [-0.3, -0.25) is 4.98 Å². The van der Waals surface area contributed by atoms with Crippen molar-refractivity contribution in [2.45, 2.75) is 31.7 Å². The third kappa shape index (κ3) is 3.15. The number of carboxylic acids is 1. The molecule has 1 fully saturated rings. The second-order valence-electron chi connectivity index (χ2n) is 5.02. The van der Waals surface area contributed by atoms with Gasteiger partial charge in [0.2, 0.25) is 0 Å². The maximum Gasteiger partial charge on any atom is 0.341 e. The molecule has 22 heavy (non-hydrogen) atoms. The Morgan fingerprint density at radius 2 is 2.36 bits per heavy atom. The first-order chi connectivity index (χ1) is 10.8. The lowest BCUT2D eigenvalue weighted by Crippen LogP contribution is -2.25. The van der Waals surface area contributed by atoms with Crippen LogP contribution < -0.4 is 0 Å². The van der Waals surface area contributed by atoms with Gasteiger partial charge >= 0.3 is 5.97 Å². The van der Waals surface area contributed by atoms with E-state index >= 15 is 0 Å². The van der Waals surface area contributed by atoms with Crippen LogP contribution in [0.4, 0.5) is 0 Å². The molecule has 1 aliphatic heterocycles. The molecule has 116 valence electrons. The van der Waals surface area contributed by atoms with E-state index in [0.717, 1.165) is 25.5 Å². The predicted molar refractivity (Wildman–Crippen MR) is 74.2 cm³/mol. The van der Waals surface area contributed by atoms with Crippen molar-refractivity contribution in [3.63, 3.8) is 0 Å². The van der Waals surface area contributed by atoms with Crippen molar-refractivity contribution in [2.75, 3.05) is 6.61 Å². The molecule has 0 aromatic carbocycles. The molecule has 3 heterocycles. The number of hydrogen-bond acceptors (Lipinski definition) is 6. The summed E-state index contributed by atoms with van der Waals surface area (Å²) in [6.45, 7) is 0.634. The van der Waals surface area contributed by atoms with E-state index in [-0.39, 0.29) is 11.3 Å². The molecule has 0 aliphatic carbocycles. The highest BCUT2D eigenvalue weighted by Gasteiger charge is 2.29. The Bertz CT molecular complexity index is 622. The first-order valence-electron chi connectivity index (χ1n) is 7.10. The maximum absolute atomic E-state index is 11.3. The Hall–Kier alpha value is -2.25. The van der Waals surface area contributed by atoms with Gasteiger partial charge < -0.3 is 19.1 Å². The molecule has 0 saturated carbocycles. The number of carboxylic acid groups (broad SMARTS) is 1. The lowest BCUT2D eigenvalue weighted by Gasteiger charge is -2.27. The van der Waals surface area contributed by atoms with Crippen LogP contribution in [0, 0.1) is 0 Å². The molecule has 0 bridgehead atoms. The molecule has 2 aromatic rings. The Balaban J connectivity index is 1.92. The fraction of sp³-hybridized carbons (Fsp3) is 0.400. The van der Waals surface area contributed by atoms with E-state index in [0.29, 0.717) is 12.2 Å². The number of rotatable bonds is 5. The van der Waals surface area contributed by atoms with E-state index in [2.05, 4.69) is 10.1 Å². The van der Waals surface area contributed by atoms with Gasteiger partial charge in [0.15, 0.2) is 6.29 Å². The van der Waals surface area contributed by atoms with Crippen molar-refractivity contribution in [2.24, 2.45) is 0 Å². The van der Waals surface area contributed by atoms with Crippen LogP contribution in [0.3, 0.4) is 0 Å². The summed E-state index contributed by atoms with van der Waals surface area (Å²) in [4.78, 5) is 15.4. The first-order valence-corrected chi connectivity index (χ1v) is 7.10. The minimum atomic E-state index is -1.11. The topological polar surface area (TPSA) is 94.7 Å². The lowest BCUT2D eigenvalue weighted by molar-refractivity contribution is -0.182. The largest absolute Gasteiger partial charge is 0.478 e. The van der Waals surface area contributed by atoms with E-state index in [1.165, 1.54) is 0 Å². The van der Waals surface area contributed by atoms with Crippen LogP contribution in [0.2, 0.25) is 0 Å². The number of carbonyl (C=O) groups is 1. The molecule has 7 heteroatoms. The number of aromatic nitrogens is 2. The minimum absolute atomic E-state index is 0.0235. The van der Waals surface area contributed by atoms with Crippen molar-refractivity contribution in [1.82, 2.24) is 10.1 Å². The monoisotopic (exact) mass is 304 g/mol. The van der Waals surface area contributed by atoms with Crippen molar-refractivity contribution in [3.05, 3.63) is 47.6 Å². The third-order valence-corrected chi connectivity index (χ3v) is 3.49. The van der Waals surface area contributed by atoms with Gasteiger partial charge in [0.05, 0.1) is 0 Å². The zero-order chi connectivity index (χ0) is 15.4. The average Bonchev–Trinajstić information content (AvgIpc) is 3.04. The van der Waals surface area contributed by atoms with E-state index in [1.54, 1.807) is 24.5 Å². The van der Waals surface area contributed by atoms with E-state index < -0.39 is 18.4 Å². The van der Waals surface area contributed by atoms with Crippen LogP contribution in [0.25, 0.3) is 0 Å². The Labute approximate surface area is 126 Å². The molecule has 0 radical (unpaired) electrons. The highest BCUT2D eigenvalue weighted by molar-refractivity contribution is 5.88. The zero-order valence-corrected chi connectivity index (χ0v) is 11.8. The summed E-state index contributed by atoms with van der Waals surface area (Å²) in [5, 5.41) is 13.1. The van der Waals surface area contributed by atoms with Gasteiger partial charge in [0.1, 0.15) is 23.6 Å². The summed E-state index contributed by atoms with van der Waals surface area (Å²) in [6, 6.07) is 3.56. The van der Waals surface area contributed by atoms with Gasteiger partial charge in [0, 0.05) is 24.6 Å². The fourth-order valence-electron chi connectivity index (χ4n) is 2.40. The molecule has 0 spiro atoms. The highest BCUT2D eigenvalue weighted by atomic mass is 16.7. The second kappa shape index (κ2) is 6.67. The van der Waals surface area contributed by atoms with Crippen LogP contribution in [-0.4, -0.2) is 34.1 Å². The number of pyridine rings is 1. The van der Waals surface area contributed by atoms with Crippen molar-refractivity contribution in [1.29, 1.82) is 0 Å². The molecule has 0 amide bonds. The second-order valence-corrected chi connectivity index (χ2v) is 5.02. The summed E-state index contributed by atoms with van der Waals surface area (Å²) in [7, 11) is 0. The number of aromatic carboxylic acids is 1. The molecular weight excluding hydrogens is 288 g/mol. The predicted octanol–water partition coefficient (Wildman–Crippen LogP) is 2.40. The molecule has 3 rings (SSSR count). The normalized spacial score (nSPS) is 19.7. The third-order valence-electron chi connectivity index (χ3n) is 3.49. The lowest BCUT2D eigenvalue weighted by atomic mass is 10.0. The number of nitrogens with zero attached hydrogens (tertiary/aromatic N) is 2. The smallest absolute Gasteiger partial charge is 0.341 e. The first kappa shape index (κ1) is 14.7. The number of ether oxygens (including phenoxy) is 2. The quantitative estimate of drug-likeness (QED) is 0.906. The SMILES string of the molecule is O=C(O)c1conc1[C@H](O[C@H]1CCCCO1)c1cccnc1. The summed E-state index contributed by atoms with van der Waals surface area (Å²) in [5.41, 5.74) is 0.896. The van der Waals surface area contributed by atoms with E-state index in [1.807, 2.05) is 0 Å². The standard InChI is InChI=1S/C15H16N2O5/c18-15(19)11-9-21-17-13(11)14(10-4-3-6-16-8-10)22-12-5-1-2-7-20-12/h3-4,6,8-9,12,14H,1-2,5,7H2,(H,18,19)/t12-,14+/m0/s1. The Kier molecular flexibility index (Phi) is 4.45. The highest BCUT2D eigenvalue weighted by Crippen LogP contribution is 2.30. The van der Waals surface area contributed by atoms with Crippen LogP contribution in [0.15, 0.2) is 35.3 Å². The van der Waals surface area contributed by atoms with Gasteiger partial charge in [-0.2, -0.15) is 0 Å². The zero-order valence-electron chi connectivity index (χ0n) is 11.8. The molecule has 7 nitrogen and oxygen atoms in total. The maximum atomic E-state index is 11.3. The Morgan fingerprint density at radius 1 is 1.45 bits per heavy atom. The van der Waals surface area contributed by atoms with E-state index in [4.69, 9.17) is 14.0 Å². The van der Waals surface area contributed by atoms with Crippen molar-refractivity contribution >= 4 is 5.97 Å². The summed E-state index contributed by atoms with van der Waals surface area (Å²) < 4.78 is 16.4. The average molecular weight is 304 g/mol. The fourth-order valence-corrected chi connectivity index (χ4v) is 2.40. The van der Waals surface area contributed by atoms with Crippen molar-refractivity contribution < 1.29 is 23.9 Å². The number of hydrogen-bond donors (Lipinski definition) is 1. The molecule has 2 atom stereocenters. The molecule has 1 saturated heterocycles. The van der Waals surface area contributed by atoms with Crippen molar-refractivity contribution in [3.8, 4) is 0 Å². The summed E-state index contributed by atoms with van der Waals surface area (Å²) in [6.07, 6.45) is 6.05. The summed E-state index contributed by atoms with van der Waals surface area (Å²) in [5.74, 6) is -1.11. The van der Waals surface area contributed by atoms with Gasteiger partial charge in [-0.1, -0.05) is 11.2 Å². The molecule has 0 unspecified atom stereocenters. The van der Waals surface area contributed by atoms with Gasteiger partial charge in [0.25, 0.3) is 0 Å². The van der Waals surface area contributed by atoms with Gasteiger partial charge in [-0.05, 0) is 25.3 Å². The molecule has 1 N–H and O–H groups in total. The molecular formula is C15H16N2O5. The molecule has 1 aliphatic rings. The van der Waals surface area contributed by atoms with Crippen LogP contribution in [-0.2, 0) is 9.47 Å². The van der Waals surface area contributed by atoms with Gasteiger partial charge in [-0.15, -0.1) is 0 Å². The van der Waals surface area contributed by atoms with Crippen LogP contribution in [0.1, 0.15) is 47.0 Å². The van der Waals surface area contributed by atoms with Crippen LogP contribution >= 0.6 is 0 Å². The van der Waals surface area contributed by atoms with Crippen LogP contribution in [0.5, 0.6) is 0 Å². The molecule has 2 aromatic heterocycles. The Morgan fingerprint density at radius 3 is 3.05 bits per heavy atom.